The molecule has 0 N–H and O–H groups in total. The van der Waals surface area contributed by atoms with Crippen molar-refractivity contribution in [1.29, 1.82) is 0 Å². The third kappa shape index (κ3) is 3.56. The van der Waals surface area contributed by atoms with Crippen molar-refractivity contribution in [3.63, 3.8) is 0 Å². The Morgan fingerprint density at radius 2 is 2.17 bits per heavy atom. The summed E-state index contributed by atoms with van der Waals surface area (Å²) in [6.07, 6.45) is 0. The summed E-state index contributed by atoms with van der Waals surface area (Å²) in [5.41, 5.74) is 0. The standard InChI is InChI=1S/C6H9/c1-4-5-6(2)3/h6H,2H2,1,3H3. The second-order valence-corrected chi connectivity index (χ2v) is 1.30. The molecule has 1 atom stereocenters. The van der Waals surface area contributed by atoms with Crippen LogP contribution in [0.15, 0.2) is 0 Å². The van der Waals surface area contributed by atoms with Gasteiger partial charge >= 0.3 is 0 Å². The monoisotopic (exact) mass is 81.1 g/mol. The van der Waals surface area contributed by atoms with Gasteiger partial charge in [0.1, 0.15) is 0 Å². The van der Waals surface area contributed by atoms with Crippen LogP contribution < -0.4 is 0 Å². The van der Waals surface area contributed by atoms with Gasteiger partial charge in [0.15, 0.2) is 0 Å². The van der Waals surface area contributed by atoms with E-state index in [2.05, 4.69) is 18.8 Å². The molecule has 0 aromatic rings. The van der Waals surface area contributed by atoms with E-state index in [1.807, 2.05) is 13.8 Å². The highest BCUT2D eigenvalue weighted by molar-refractivity contribution is 4.99. The molecule has 33 valence electrons. The molecule has 0 saturated carbocycles. The fraction of sp³-hybridized carbons (Fsp3) is 0.500. The van der Waals surface area contributed by atoms with Gasteiger partial charge in [-0.05, 0) is 13.8 Å². The zero-order valence-electron chi connectivity index (χ0n) is 4.28. The quantitative estimate of drug-likeness (QED) is 0.387. The molecular weight excluding hydrogens is 72.1 g/mol. The number of hydrogen-bond donors (Lipinski definition) is 0. The molecule has 0 amide bonds. The van der Waals surface area contributed by atoms with Gasteiger partial charge in [-0.2, -0.15) is 0 Å². The van der Waals surface area contributed by atoms with Crippen molar-refractivity contribution >= 4 is 0 Å². The Balaban J connectivity index is 3.20. The van der Waals surface area contributed by atoms with Gasteiger partial charge in [0.05, 0.1) is 0 Å². The second-order valence-electron chi connectivity index (χ2n) is 1.30. The summed E-state index contributed by atoms with van der Waals surface area (Å²) >= 11 is 0. The van der Waals surface area contributed by atoms with Crippen molar-refractivity contribution in [2.24, 2.45) is 5.92 Å². The summed E-state index contributed by atoms with van der Waals surface area (Å²) in [5, 5.41) is 0. The zero-order chi connectivity index (χ0) is 4.99. The predicted octanol–water partition coefficient (Wildman–Crippen LogP) is 1.48. The first kappa shape index (κ1) is 5.56. The molecule has 0 fully saturated rings. The SMILES string of the molecule is [CH2]C(C)C#CC. The molecule has 0 spiro atoms. The fourth-order valence-electron chi connectivity index (χ4n) is 0.246. The minimum Gasteiger partial charge on any atom is -0.106 e. The molecule has 0 aliphatic heterocycles. The molecule has 0 bridgehead atoms. The maximum absolute atomic E-state index is 3.65. The summed E-state index contributed by atoms with van der Waals surface area (Å²) in [6, 6.07) is 0. The van der Waals surface area contributed by atoms with Crippen LogP contribution in [0.3, 0.4) is 0 Å². The molecule has 0 heteroatoms. The van der Waals surface area contributed by atoms with E-state index in [-0.39, 0.29) is 5.92 Å². The van der Waals surface area contributed by atoms with Crippen LogP contribution >= 0.6 is 0 Å². The van der Waals surface area contributed by atoms with E-state index in [1.165, 1.54) is 0 Å². The van der Waals surface area contributed by atoms with Crippen molar-refractivity contribution in [2.75, 3.05) is 0 Å². The van der Waals surface area contributed by atoms with Crippen LogP contribution in [0, 0.1) is 24.7 Å². The van der Waals surface area contributed by atoms with Gasteiger partial charge < -0.3 is 0 Å². The highest BCUT2D eigenvalue weighted by atomic mass is 13.8. The maximum atomic E-state index is 3.65. The van der Waals surface area contributed by atoms with Crippen LogP contribution in [0.4, 0.5) is 0 Å². The molecule has 0 rings (SSSR count). The highest BCUT2D eigenvalue weighted by Crippen LogP contribution is 1.82. The van der Waals surface area contributed by atoms with Crippen LogP contribution in [-0.4, -0.2) is 0 Å². The molecule has 0 aliphatic rings. The maximum Gasteiger partial charge on any atom is 0.0174 e. The lowest BCUT2D eigenvalue weighted by atomic mass is 10.2. The van der Waals surface area contributed by atoms with E-state index in [0.29, 0.717) is 0 Å². The van der Waals surface area contributed by atoms with E-state index in [1.54, 1.807) is 0 Å². The molecule has 0 aromatic heterocycles. The lowest BCUT2D eigenvalue weighted by Gasteiger charge is -1.81. The van der Waals surface area contributed by atoms with E-state index >= 15 is 0 Å². The molecule has 0 saturated heterocycles. The third-order valence-electron chi connectivity index (χ3n) is 0.391. The summed E-state index contributed by atoms with van der Waals surface area (Å²) in [7, 11) is 0. The van der Waals surface area contributed by atoms with E-state index in [4.69, 9.17) is 0 Å². The topological polar surface area (TPSA) is 0 Å². The zero-order valence-corrected chi connectivity index (χ0v) is 4.28. The molecule has 6 heavy (non-hydrogen) atoms. The fourth-order valence-corrected chi connectivity index (χ4v) is 0.246. The Labute approximate surface area is 39.6 Å². The lowest BCUT2D eigenvalue weighted by Crippen LogP contribution is -1.75. The molecule has 0 heterocycles. The summed E-state index contributed by atoms with van der Waals surface area (Å²) in [6.45, 7) is 7.44. The Morgan fingerprint density at radius 1 is 1.67 bits per heavy atom. The minimum atomic E-state index is 0.287. The highest BCUT2D eigenvalue weighted by Gasteiger charge is 1.76. The Hall–Kier alpha value is -0.440. The van der Waals surface area contributed by atoms with Crippen LogP contribution in [0.1, 0.15) is 13.8 Å². The van der Waals surface area contributed by atoms with Crippen LogP contribution in [0.2, 0.25) is 0 Å². The van der Waals surface area contributed by atoms with Crippen molar-refractivity contribution in [1.82, 2.24) is 0 Å². The first-order chi connectivity index (χ1) is 2.77. The number of rotatable bonds is 0. The van der Waals surface area contributed by atoms with Crippen LogP contribution in [-0.2, 0) is 0 Å². The van der Waals surface area contributed by atoms with E-state index < -0.39 is 0 Å². The van der Waals surface area contributed by atoms with Gasteiger partial charge in [-0.1, -0.05) is 6.92 Å². The second kappa shape index (κ2) is 2.78. The minimum absolute atomic E-state index is 0.287. The molecule has 0 aromatic carbocycles. The van der Waals surface area contributed by atoms with Crippen molar-refractivity contribution < 1.29 is 0 Å². The van der Waals surface area contributed by atoms with Gasteiger partial charge in [-0.3, -0.25) is 0 Å². The molecule has 0 aliphatic carbocycles. The summed E-state index contributed by atoms with van der Waals surface area (Å²) in [5.74, 6) is 5.89. The summed E-state index contributed by atoms with van der Waals surface area (Å²) < 4.78 is 0. The smallest absolute Gasteiger partial charge is 0.0174 e. The largest absolute Gasteiger partial charge is 0.106 e. The molecule has 0 nitrogen and oxygen atoms in total. The Morgan fingerprint density at radius 3 is 2.17 bits per heavy atom. The molecule has 1 unspecified atom stereocenters. The Bertz CT molecular complexity index is 69.8. The molecular formula is C6H9. The normalized spacial score (nSPS) is 7.33. The first-order valence-corrected chi connectivity index (χ1v) is 2.02. The lowest BCUT2D eigenvalue weighted by molar-refractivity contribution is 0.976. The van der Waals surface area contributed by atoms with Crippen LogP contribution in [0.25, 0.3) is 0 Å². The van der Waals surface area contributed by atoms with Gasteiger partial charge in [0, 0.05) is 5.92 Å². The van der Waals surface area contributed by atoms with Crippen molar-refractivity contribution in [3.8, 4) is 11.8 Å². The number of hydrogen-bond acceptors (Lipinski definition) is 0. The Kier molecular flexibility index (Phi) is 2.58. The van der Waals surface area contributed by atoms with Gasteiger partial charge in [0.2, 0.25) is 0 Å². The van der Waals surface area contributed by atoms with Gasteiger partial charge in [-0.25, -0.2) is 0 Å². The molecule has 1 radical (unpaired) electrons. The average Bonchev–Trinajstić information content (AvgIpc) is 1.35. The summed E-state index contributed by atoms with van der Waals surface area (Å²) in [4.78, 5) is 0. The average molecular weight is 81.1 g/mol. The first-order valence-electron chi connectivity index (χ1n) is 2.02. The van der Waals surface area contributed by atoms with Gasteiger partial charge in [-0.15, -0.1) is 11.8 Å². The van der Waals surface area contributed by atoms with Crippen molar-refractivity contribution in [3.05, 3.63) is 6.92 Å². The van der Waals surface area contributed by atoms with Gasteiger partial charge in [0.25, 0.3) is 0 Å². The van der Waals surface area contributed by atoms with Crippen molar-refractivity contribution in [2.45, 2.75) is 13.8 Å². The van der Waals surface area contributed by atoms with Crippen LogP contribution in [0.5, 0.6) is 0 Å². The third-order valence-corrected chi connectivity index (χ3v) is 0.391. The predicted molar refractivity (Wildman–Crippen MR) is 28.0 cm³/mol. The van der Waals surface area contributed by atoms with E-state index in [0.717, 1.165) is 0 Å². The van der Waals surface area contributed by atoms with E-state index in [9.17, 15) is 0 Å².